The quantitative estimate of drug-likeness (QED) is 0.867. The summed E-state index contributed by atoms with van der Waals surface area (Å²) in [6, 6.07) is 20.3. The number of rotatable bonds is 3. The summed E-state index contributed by atoms with van der Waals surface area (Å²) < 4.78 is 0. The average molecular weight is 265 g/mol. The highest BCUT2D eigenvalue weighted by molar-refractivity contribution is 5.93. The number of amides is 1. The van der Waals surface area contributed by atoms with Crippen LogP contribution < -0.4 is 10.3 Å². The van der Waals surface area contributed by atoms with Crippen LogP contribution in [0.15, 0.2) is 65.8 Å². The maximum atomic E-state index is 10.6. The first-order valence-corrected chi connectivity index (χ1v) is 6.55. The summed E-state index contributed by atoms with van der Waals surface area (Å²) in [6.45, 7) is 0. The van der Waals surface area contributed by atoms with Gasteiger partial charge in [-0.15, -0.1) is 0 Å². The molecule has 3 rings (SSSR count). The average Bonchev–Trinajstić information content (AvgIpc) is 2.93. The van der Waals surface area contributed by atoms with Crippen molar-refractivity contribution >= 4 is 17.9 Å². The molecular weight excluding hydrogens is 250 g/mol. The summed E-state index contributed by atoms with van der Waals surface area (Å²) in [7, 11) is 0. The molecule has 1 aliphatic heterocycles. The zero-order chi connectivity index (χ0) is 13.8. The molecule has 0 bridgehead atoms. The number of hydrazone groups is 1. The highest BCUT2D eigenvalue weighted by atomic mass is 16.1. The Kier molecular flexibility index (Phi) is 3.46. The number of para-hydroxylation sites is 1. The van der Waals surface area contributed by atoms with Crippen molar-refractivity contribution in [1.29, 1.82) is 0 Å². The molecule has 0 saturated heterocycles. The van der Waals surface area contributed by atoms with Crippen LogP contribution in [0.3, 0.4) is 0 Å². The molecule has 1 aliphatic rings. The van der Waals surface area contributed by atoms with Gasteiger partial charge in [0, 0.05) is 6.42 Å². The number of nitrogens with one attached hydrogen (secondary N) is 1. The molecule has 0 radical (unpaired) electrons. The van der Waals surface area contributed by atoms with Crippen LogP contribution in [-0.2, 0) is 4.79 Å². The zero-order valence-corrected chi connectivity index (χ0v) is 10.9. The van der Waals surface area contributed by atoms with Gasteiger partial charge in [0.25, 0.3) is 0 Å². The topological polar surface area (TPSA) is 44.7 Å². The molecule has 0 aliphatic carbocycles. The molecule has 1 N–H and O–H groups in total. The van der Waals surface area contributed by atoms with Crippen molar-refractivity contribution in [2.24, 2.45) is 5.10 Å². The molecule has 1 amide bonds. The summed E-state index contributed by atoms with van der Waals surface area (Å²) in [5, 5.41) is 9.14. The lowest BCUT2D eigenvalue weighted by Crippen LogP contribution is -2.20. The second-order valence-electron chi connectivity index (χ2n) is 4.62. The van der Waals surface area contributed by atoms with Gasteiger partial charge in [-0.1, -0.05) is 48.5 Å². The normalized spacial score (nSPS) is 17.7. The van der Waals surface area contributed by atoms with Gasteiger partial charge in [-0.3, -0.25) is 9.80 Å². The van der Waals surface area contributed by atoms with Crippen LogP contribution in [-0.4, -0.2) is 12.2 Å². The second kappa shape index (κ2) is 5.57. The lowest BCUT2D eigenvalue weighted by molar-refractivity contribution is -0.108. The number of carbonyl (C=O) groups excluding carboxylic acids is 1. The van der Waals surface area contributed by atoms with Crippen molar-refractivity contribution in [1.82, 2.24) is 5.32 Å². The third-order valence-electron chi connectivity index (χ3n) is 3.34. The lowest BCUT2D eigenvalue weighted by atomic mass is 10.0. The molecule has 2 aromatic carbocycles. The largest absolute Gasteiger partial charge is 0.315 e. The van der Waals surface area contributed by atoms with E-state index in [0.29, 0.717) is 18.7 Å². The summed E-state index contributed by atoms with van der Waals surface area (Å²) in [5.41, 5.74) is 2.20. The molecule has 4 heteroatoms. The van der Waals surface area contributed by atoms with Gasteiger partial charge in [0.15, 0.2) is 0 Å². The van der Waals surface area contributed by atoms with E-state index >= 15 is 0 Å². The second-order valence-corrected chi connectivity index (χ2v) is 4.62. The third kappa shape index (κ3) is 2.40. The van der Waals surface area contributed by atoms with Crippen molar-refractivity contribution in [2.75, 3.05) is 5.01 Å². The number of hydrogen-bond acceptors (Lipinski definition) is 3. The molecular formula is C16H15N3O. The molecule has 4 nitrogen and oxygen atoms in total. The predicted octanol–water partition coefficient (Wildman–Crippen LogP) is 2.70. The summed E-state index contributed by atoms with van der Waals surface area (Å²) >= 11 is 0. The van der Waals surface area contributed by atoms with E-state index in [2.05, 4.69) is 22.6 Å². The van der Waals surface area contributed by atoms with E-state index in [-0.39, 0.29) is 6.04 Å². The minimum atomic E-state index is 0.112. The third-order valence-corrected chi connectivity index (χ3v) is 3.34. The first-order valence-electron chi connectivity index (χ1n) is 6.55. The van der Waals surface area contributed by atoms with Gasteiger partial charge < -0.3 is 5.32 Å². The van der Waals surface area contributed by atoms with Crippen molar-refractivity contribution in [3.05, 3.63) is 66.2 Å². The van der Waals surface area contributed by atoms with Crippen molar-refractivity contribution < 1.29 is 4.79 Å². The van der Waals surface area contributed by atoms with Crippen LogP contribution in [0, 0.1) is 0 Å². The van der Waals surface area contributed by atoms with Gasteiger partial charge in [-0.2, -0.15) is 5.10 Å². The Bertz CT molecular complexity index is 610. The Morgan fingerprint density at radius 3 is 2.35 bits per heavy atom. The van der Waals surface area contributed by atoms with Crippen LogP contribution >= 0.6 is 0 Å². The summed E-state index contributed by atoms with van der Waals surface area (Å²) in [5.74, 6) is 0.692. The Balaban J connectivity index is 1.95. The van der Waals surface area contributed by atoms with Crippen LogP contribution in [0.5, 0.6) is 0 Å². The Hall–Kier alpha value is -2.62. The SMILES string of the molecule is O=CNC1=NN(c2ccccc2)C(c2ccccc2)C1. The molecule has 1 heterocycles. The first-order chi connectivity index (χ1) is 9.88. The van der Waals surface area contributed by atoms with E-state index in [1.807, 2.05) is 53.5 Å². The molecule has 1 unspecified atom stereocenters. The van der Waals surface area contributed by atoms with Crippen LogP contribution in [0.25, 0.3) is 0 Å². The summed E-state index contributed by atoms with van der Waals surface area (Å²) in [4.78, 5) is 10.6. The first kappa shape index (κ1) is 12.4. The van der Waals surface area contributed by atoms with E-state index in [4.69, 9.17) is 0 Å². The van der Waals surface area contributed by atoms with Gasteiger partial charge in [-0.05, 0) is 17.7 Å². The smallest absolute Gasteiger partial charge is 0.212 e. The molecule has 2 aromatic rings. The number of anilines is 1. The van der Waals surface area contributed by atoms with Crippen LogP contribution in [0.1, 0.15) is 18.0 Å². The van der Waals surface area contributed by atoms with Gasteiger partial charge in [0.1, 0.15) is 5.84 Å². The highest BCUT2D eigenvalue weighted by Crippen LogP contribution is 2.34. The number of amidine groups is 1. The number of hydrogen-bond donors (Lipinski definition) is 1. The Morgan fingerprint density at radius 1 is 1.05 bits per heavy atom. The van der Waals surface area contributed by atoms with Gasteiger partial charge in [0.2, 0.25) is 6.41 Å². The van der Waals surface area contributed by atoms with Gasteiger partial charge >= 0.3 is 0 Å². The molecule has 1 atom stereocenters. The number of benzene rings is 2. The fourth-order valence-electron chi connectivity index (χ4n) is 2.42. The fraction of sp³-hybridized carbons (Fsp3) is 0.125. The molecule has 0 spiro atoms. The van der Waals surface area contributed by atoms with Crippen molar-refractivity contribution in [3.63, 3.8) is 0 Å². The zero-order valence-electron chi connectivity index (χ0n) is 10.9. The van der Waals surface area contributed by atoms with E-state index in [0.717, 1.165) is 5.69 Å². The molecule has 100 valence electrons. The van der Waals surface area contributed by atoms with Crippen LogP contribution in [0.2, 0.25) is 0 Å². The van der Waals surface area contributed by atoms with Gasteiger partial charge in [-0.25, -0.2) is 0 Å². The standard InChI is InChI=1S/C16H15N3O/c20-12-17-16-11-15(13-7-3-1-4-8-13)19(18-16)14-9-5-2-6-10-14/h1-10,12,15H,11H2,(H,17,18,20). The fourth-order valence-corrected chi connectivity index (χ4v) is 2.42. The Morgan fingerprint density at radius 2 is 1.70 bits per heavy atom. The monoisotopic (exact) mass is 265 g/mol. The van der Waals surface area contributed by atoms with Crippen LogP contribution in [0.4, 0.5) is 5.69 Å². The predicted molar refractivity (Wildman–Crippen MR) is 79.4 cm³/mol. The number of nitrogens with zero attached hydrogens (tertiary/aromatic N) is 2. The summed E-state index contributed by atoms with van der Waals surface area (Å²) in [6.07, 6.45) is 1.37. The highest BCUT2D eigenvalue weighted by Gasteiger charge is 2.28. The minimum Gasteiger partial charge on any atom is -0.315 e. The number of carbonyl (C=O) groups is 1. The maximum absolute atomic E-state index is 10.6. The molecule has 0 fully saturated rings. The molecule has 0 saturated carbocycles. The Labute approximate surface area is 117 Å². The van der Waals surface area contributed by atoms with E-state index in [1.54, 1.807) is 0 Å². The minimum absolute atomic E-state index is 0.112. The van der Waals surface area contributed by atoms with E-state index in [1.165, 1.54) is 5.56 Å². The lowest BCUT2D eigenvalue weighted by Gasteiger charge is -2.23. The molecule has 0 aromatic heterocycles. The van der Waals surface area contributed by atoms with Crippen molar-refractivity contribution in [3.8, 4) is 0 Å². The van der Waals surface area contributed by atoms with Gasteiger partial charge in [0.05, 0.1) is 11.7 Å². The maximum Gasteiger partial charge on any atom is 0.212 e. The molecule has 20 heavy (non-hydrogen) atoms. The van der Waals surface area contributed by atoms with Crippen molar-refractivity contribution in [2.45, 2.75) is 12.5 Å². The van der Waals surface area contributed by atoms with E-state index in [9.17, 15) is 4.79 Å². The van der Waals surface area contributed by atoms with E-state index < -0.39 is 0 Å².